The van der Waals surface area contributed by atoms with Crippen molar-refractivity contribution in [2.45, 2.75) is 50.6 Å². The predicted octanol–water partition coefficient (Wildman–Crippen LogP) is 2.46. The highest BCUT2D eigenvalue weighted by Crippen LogP contribution is 2.34. The lowest BCUT2D eigenvalue weighted by Gasteiger charge is -2.33. The number of nitrogens with one attached hydrogen (secondary N) is 1. The molecule has 2 aliphatic rings. The fourth-order valence-electron chi connectivity index (χ4n) is 3.78. The van der Waals surface area contributed by atoms with Crippen molar-refractivity contribution in [2.24, 2.45) is 0 Å². The second-order valence-corrected chi connectivity index (χ2v) is 6.73. The van der Waals surface area contributed by atoms with Crippen LogP contribution in [-0.2, 0) is 14.4 Å². The molecule has 1 fully saturated rings. The Kier molecular flexibility index (Phi) is 4.61. The molecule has 0 bridgehead atoms. The Hall–Kier alpha value is -2.63. The maximum atomic E-state index is 12.6. The molecule has 0 saturated heterocycles. The molecular weight excluding hydrogens is 320 g/mol. The van der Waals surface area contributed by atoms with Crippen LogP contribution in [-0.4, -0.2) is 33.3 Å². The molecule has 1 aromatic carbocycles. The van der Waals surface area contributed by atoms with Gasteiger partial charge in [-0.2, -0.15) is 0 Å². The van der Waals surface area contributed by atoms with E-state index in [2.05, 4.69) is 5.32 Å². The van der Waals surface area contributed by atoms with Crippen molar-refractivity contribution >= 4 is 23.9 Å². The Morgan fingerprint density at radius 2 is 1.92 bits per heavy atom. The van der Waals surface area contributed by atoms with Crippen LogP contribution in [0.3, 0.4) is 0 Å². The van der Waals surface area contributed by atoms with Gasteiger partial charge in [0.2, 0.25) is 11.8 Å². The summed E-state index contributed by atoms with van der Waals surface area (Å²) in [4.78, 5) is 37.7. The Labute approximate surface area is 146 Å². The molecule has 1 atom stereocenters. The number of amides is 2. The van der Waals surface area contributed by atoms with E-state index < -0.39 is 17.6 Å². The number of rotatable bonds is 4. The van der Waals surface area contributed by atoms with Gasteiger partial charge >= 0.3 is 5.97 Å². The molecule has 0 radical (unpaired) electrons. The first-order chi connectivity index (χ1) is 11.9. The van der Waals surface area contributed by atoms with Gasteiger partial charge in [0.15, 0.2) is 0 Å². The van der Waals surface area contributed by atoms with Crippen molar-refractivity contribution in [1.82, 2.24) is 10.2 Å². The number of hydrogen-bond acceptors (Lipinski definition) is 3. The monoisotopic (exact) mass is 342 g/mol. The first-order valence-electron chi connectivity index (χ1n) is 8.53. The predicted molar refractivity (Wildman–Crippen MR) is 92.3 cm³/mol. The van der Waals surface area contributed by atoms with E-state index in [4.69, 9.17) is 0 Å². The zero-order chi connectivity index (χ0) is 18.0. The molecule has 25 heavy (non-hydrogen) atoms. The number of carboxylic acid groups (broad SMARTS) is 1. The lowest BCUT2D eigenvalue weighted by molar-refractivity contribution is -0.147. The number of fused-ring (bicyclic) bond motifs is 1. The summed E-state index contributed by atoms with van der Waals surface area (Å²) in [5.74, 6) is -1.48. The van der Waals surface area contributed by atoms with E-state index in [1.165, 1.54) is 11.8 Å². The molecule has 6 heteroatoms. The van der Waals surface area contributed by atoms with Crippen LogP contribution in [0.4, 0.5) is 0 Å². The van der Waals surface area contributed by atoms with E-state index in [0.29, 0.717) is 12.8 Å². The SMILES string of the molecule is CC(=O)N1C=Cc2ccccc2[C@H]1CC(=O)NC1(C(=O)O)CCCC1. The molecule has 1 saturated carbocycles. The second kappa shape index (κ2) is 6.70. The van der Waals surface area contributed by atoms with Crippen molar-refractivity contribution in [3.63, 3.8) is 0 Å². The Morgan fingerprint density at radius 3 is 2.56 bits per heavy atom. The molecule has 0 unspecified atom stereocenters. The first-order valence-corrected chi connectivity index (χ1v) is 8.53. The summed E-state index contributed by atoms with van der Waals surface area (Å²) in [5, 5.41) is 12.3. The lowest BCUT2D eigenvalue weighted by atomic mass is 9.92. The third-order valence-electron chi connectivity index (χ3n) is 5.09. The summed E-state index contributed by atoms with van der Waals surface area (Å²) >= 11 is 0. The third-order valence-corrected chi connectivity index (χ3v) is 5.09. The summed E-state index contributed by atoms with van der Waals surface area (Å²) in [5.41, 5.74) is 0.695. The number of hydrogen-bond donors (Lipinski definition) is 2. The fraction of sp³-hybridized carbons (Fsp3) is 0.421. The number of nitrogens with zero attached hydrogens (tertiary/aromatic N) is 1. The second-order valence-electron chi connectivity index (χ2n) is 6.73. The average Bonchev–Trinajstić information content (AvgIpc) is 3.04. The quantitative estimate of drug-likeness (QED) is 0.880. The normalized spacial score (nSPS) is 20.8. The van der Waals surface area contributed by atoms with Gasteiger partial charge < -0.3 is 15.3 Å². The summed E-state index contributed by atoms with van der Waals surface area (Å²) in [6.07, 6.45) is 6.06. The van der Waals surface area contributed by atoms with Gasteiger partial charge in [0.05, 0.1) is 12.5 Å². The van der Waals surface area contributed by atoms with E-state index in [-0.39, 0.29) is 18.2 Å². The topological polar surface area (TPSA) is 86.7 Å². The van der Waals surface area contributed by atoms with Gasteiger partial charge in [0.1, 0.15) is 5.54 Å². The maximum Gasteiger partial charge on any atom is 0.329 e. The zero-order valence-electron chi connectivity index (χ0n) is 14.2. The first kappa shape index (κ1) is 17.2. The van der Waals surface area contributed by atoms with Gasteiger partial charge in [0.25, 0.3) is 0 Å². The van der Waals surface area contributed by atoms with Gasteiger partial charge in [-0.05, 0) is 30.0 Å². The Morgan fingerprint density at radius 1 is 1.24 bits per heavy atom. The minimum atomic E-state index is -1.16. The van der Waals surface area contributed by atoms with Crippen molar-refractivity contribution in [1.29, 1.82) is 0 Å². The number of carbonyl (C=O) groups excluding carboxylic acids is 2. The molecule has 132 valence electrons. The summed E-state index contributed by atoms with van der Waals surface area (Å²) in [7, 11) is 0. The van der Waals surface area contributed by atoms with Crippen molar-refractivity contribution in [2.75, 3.05) is 0 Å². The molecule has 0 aromatic heterocycles. The lowest BCUT2D eigenvalue weighted by Crippen LogP contribution is -2.53. The molecule has 3 rings (SSSR count). The van der Waals surface area contributed by atoms with Crippen molar-refractivity contribution < 1.29 is 19.5 Å². The zero-order valence-corrected chi connectivity index (χ0v) is 14.2. The highest BCUT2D eigenvalue weighted by atomic mass is 16.4. The highest BCUT2D eigenvalue weighted by Gasteiger charge is 2.43. The molecule has 1 aliphatic heterocycles. The van der Waals surface area contributed by atoms with Gasteiger partial charge in [-0.25, -0.2) is 4.79 Å². The maximum absolute atomic E-state index is 12.6. The van der Waals surface area contributed by atoms with E-state index in [1.807, 2.05) is 30.3 Å². The van der Waals surface area contributed by atoms with Gasteiger partial charge in [-0.3, -0.25) is 9.59 Å². The molecule has 2 amide bonds. The number of aliphatic carboxylic acids is 1. The fourth-order valence-corrected chi connectivity index (χ4v) is 3.78. The minimum absolute atomic E-state index is 0.0377. The summed E-state index contributed by atoms with van der Waals surface area (Å²) in [6.45, 7) is 1.46. The minimum Gasteiger partial charge on any atom is -0.480 e. The number of benzene rings is 1. The van der Waals surface area contributed by atoms with Crippen molar-refractivity contribution in [3.8, 4) is 0 Å². The Balaban J connectivity index is 1.82. The van der Waals surface area contributed by atoms with E-state index in [0.717, 1.165) is 24.0 Å². The van der Waals surface area contributed by atoms with Crippen LogP contribution in [0.5, 0.6) is 0 Å². The molecule has 6 nitrogen and oxygen atoms in total. The molecule has 1 aromatic rings. The van der Waals surface area contributed by atoms with E-state index >= 15 is 0 Å². The third kappa shape index (κ3) is 3.29. The number of carbonyl (C=O) groups is 3. The summed E-state index contributed by atoms with van der Waals surface area (Å²) < 4.78 is 0. The molecule has 0 spiro atoms. The molecule has 1 aliphatic carbocycles. The van der Waals surface area contributed by atoms with Crippen LogP contribution in [0.2, 0.25) is 0 Å². The standard InChI is InChI=1S/C19H22N2O4/c1-13(22)21-11-8-14-6-2-3-7-15(14)16(21)12-17(23)20-19(18(24)25)9-4-5-10-19/h2-3,6-8,11,16H,4-5,9-10,12H2,1H3,(H,20,23)(H,24,25)/t16-/m1/s1. The smallest absolute Gasteiger partial charge is 0.329 e. The van der Waals surface area contributed by atoms with Crippen molar-refractivity contribution in [3.05, 3.63) is 41.6 Å². The van der Waals surface area contributed by atoms with Crippen LogP contribution >= 0.6 is 0 Å². The van der Waals surface area contributed by atoms with E-state index in [9.17, 15) is 19.5 Å². The van der Waals surface area contributed by atoms with Crippen LogP contribution < -0.4 is 5.32 Å². The molecule has 2 N–H and O–H groups in total. The molecular formula is C19H22N2O4. The van der Waals surface area contributed by atoms with E-state index in [1.54, 1.807) is 6.20 Å². The number of carboxylic acids is 1. The van der Waals surface area contributed by atoms with Gasteiger partial charge in [-0.15, -0.1) is 0 Å². The molecule has 1 heterocycles. The Bertz CT molecular complexity index is 735. The van der Waals surface area contributed by atoms with Crippen LogP contribution in [0.25, 0.3) is 6.08 Å². The van der Waals surface area contributed by atoms with Crippen LogP contribution in [0.15, 0.2) is 30.5 Å². The average molecular weight is 342 g/mol. The van der Waals surface area contributed by atoms with Crippen LogP contribution in [0, 0.1) is 0 Å². The largest absolute Gasteiger partial charge is 0.480 e. The van der Waals surface area contributed by atoms with Gasteiger partial charge in [-0.1, -0.05) is 37.1 Å². The highest BCUT2D eigenvalue weighted by molar-refractivity contribution is 5.88. The van der Waals surface area contributed by atoms with Gasteiger partial charge in [0, 0.05) is 13.1 Å². The summed E-state index contributed by atoms with van der Waals surface area (Å²) in [6, 6.07) is 7.18. The van der Waals surface area contributed by atoms with Crippen LogP contribution in [0.1, 0.15) is 56.2 Å².